The smallest absolute Gasteiger partial charge is 0.242 e. The third-order valence-electron chi connectivity index (χ3n) is 5.11. The molecule has 2 N–H and O–H groups in total. The molecule has 0 atom stereocenters. The summed E-state index contributed by atoms with van der Waals surface area (Å²) in [6.07, 6.45) is 6.99. The Kier molecular flexibility index (Phi) is 6.31. The third-order valence-corrected chi connectivity index (χ3v) is 5.11. The van der Waals surface area contributed by atoms with Crippen molar-refractivity contribution < 1.29 is 4.79 Å². The van der Waals surface area contributed by atoms with E-state index >= 15 is 0 Å². The topological polar surface area (TPSA) is 56.7 Å². The van der Waals surface area contributed by atoms with E-state index in [0.717, 1.165) is 44.9 Å². The highest BCUT2D eigenvalue weighted by Crippen LogP contribution is 2.19. The minimum Gasteiger partial charge on any atom is -0.356 e. The van der Waals surface area contributed by atoms with Gasteiger partial charge < -0.3 is 15.5 Å². The van der Waals surface area contributed by atoms with Crippen molar-refractivity contribution in [1.82, 2.24) is 15.5 Å². The van der Waals surface area contributed by atoms with Crippen LogP contribution in [0.4, 0.5) is 0 Å². The Morgan fingerprint density at radius 2 is 1.96 bits per heavy atom. The molecule has 3 rings (SSSR count). The fourth-order valence-electron chi connectivity index (χ4n) is 3.77. The van der Waals surface area contributed by atoms with Crippen LogP contribution in [0.3, 0.4) is 0 Å². The number of carbonyl (C=O) groups excluding carboxylic acids is 1. The van der Waals surface area contributed by atoms with Gasteiger partial charge in [-0.05, 0) is 37.3 Å². The van der Waals surface area contributed by atoms with Crippen molar-refractivity contribution in [3.05, 3.63) is 35.4 Å². The van der Waals surface area contributed by atoms with Crippen molar-refractivity contribution in [2.45, 2.75) is 58.0 Å². The largest absolute Gasteiger partial charge is 0.356 e. The van der Waals surface area contributed by atoms with E-state index in [1.165, 1.54) is 30.4 Å². The van der Waals surface area contributed by atoms with E-state index in [9.17, 15) is 4.79 Å². The SMILES string of the molecule is CCNC(=NCC(=O)NC1CCCCC1)N1CCc2ccccc2C1. The Balaban J connectivity index is 1.58. The van der Waals surface area contributed by atoms with Crippen LogP contribution >= 0.6 is 0 Å². The van der Waals surface area contributed by atoms with Crippen molar-refractivity contribution in [2.75, 3.05) is 19.6 Å². The van der Waals surface area contributed by atoms with Crippen LogP contribution in [-0.4, -0.2) is 42.4 Å². The predicted molar refractivity (Wildman–Crippen MR) is 102 cm³/mol. The van der Waals surface area contributed by atoms with Crippen LogP contribution in [-0.2, 0) is 17.8 Å². The number of benzene rings is 1. The molecule has 0 radical (unpaired) electrons. The maximum absolute atomic E-state index is 12.2. The van der Waals surface area contributed by atoms with Gasteiger partial charge in [-0.1, -0.05) is 43.5 Å². The minimum absolute atomic E-state index is 0.0414. The van der Waals surface area contributed by atoms with E-state index in [-0.39, 0.29) is 12.5 Å². The first-order chi connectivity index (χ1) is 12.3. The number of hydrogen-bond acceptors (Lipinski definition) is 2. The van der Waals surface area contributed by atoms with Crippen molar-refractivity contribution in [1.29, 1.82) is 0 Å². The molecule has 0 saturated heterocycles. The third kappa shape index (κ3) is 4.97. The Labute approximate surface area is 150 Å². The molecule has 5 nitrogen and oxygen atoms in total. The summed E-state index contributed by atoms with van der Waals surface area (Å²) in [4.78, 5) is 19.1. The molecular formula is C20H30N4O. The number of nitrogens with one attached hydrogen (secondary N) is 2. The second-order valence-corrected chi connectivity index (χ2v) is 7.01. The molecule has 1 aliphatic heterocycles. The number of carbonyl (C=O) groups is 1. The molecule has 5 heteroatoms. The maximum atomic E-state index is 12.2. The Bertz CT molecular complexity index is 607. The average molecular weight is 342 g/mol. The first kappa shape index (κ1) is 17.8. The number of hydrogen-bond donors (Lipinski definition) is 2. The number of fused-ring (bicyclic) bond motifs is 1. The molecule has 136 valence electrons. The van der Waals surface area contributed by atoms with Gasteiger partial charge >= 0.3 is 0 Å². The molecule has 1 heterocycles. The van der Waals surface area contributed by atoms with Crippen molar-refractivity contribution in [3.8, 4) is 0 Å². The standard InChI is InChI=1S/C20H30N4O/c1-2-21-20(22-14-19(25)23-18-10-4-3-5-11-18)24-13-12-16-8-6-7-9-17(16)15-24/h6-9,18H,2-5,10-15H2,1H3,(H,21,22)(H,23,25). The molecule has 1 aromatic carbocycles. The molecule has 0 aromatic heterocycles. The molecular weight excluding hydrogens is 312 g/mol. The second kappa shape index (κ2) is 8.88. The quantitative estimate of drug-likeness (QED) is 0.653. The Morgan fingerprint density at radius 3 is 2.72 bits per heavy atom. The lowest BCUT2D eigenvalue weighted by Gasteiger charge is -2.31. The zero-order valence-corrected chi connectivity index (χ0v) is 15.3. The lowest BCUT2D eigenvalue weighted by Crippen LogP contribution is -2.45. The van der Waals surface area contributed by atoms with Gasteiger partial charge in [0.2, 0.25) is 5.91 Å². The van der Waals surface area contributed by atoms with Crippen LogP contribution in [0.5, 0.6) is 0 Å². The fourth-order valence-corrected chi connectivity index (χ4v) is 3.77. The van der Waals surface area contributed by atoms with Crippen molar-refractivity contribution in [3.63, 3.8) is 0 Å². The lowest BCUT2D eigenvalue weighted by molar-refractivity contribution is -0.120. The molecule has 2 aliphatic rings. The van der Waals surface area contributed by atoms with Crippen LogP contribution in [0.25, 0.3) is 0 Å². The van der Waals surface area contributed by atoms with Gasteiger partial charge in [0.05, 0.1) is 0 Å². The number of aliphatic imine (C=N–C) groups is 1. The van der Waals surface area contributed by atoms with E-state index in [2.05, 4.69) is 51.7 Å². The van der Waals surface area contributed by atoms with Gasteiger partial charge in [0.1, 0.15) is 6.54 Å². The molecule has 0 unspecified atom stereocenters. The number of nitrogens with zero attached hydrogens (tertiary/aromatic N) is 2. The number of rotatable bonds is 4. The van der Waals surface area contributed by atoms with Crippen LogP contribution in [0.15, 0.2) is 29.3 Å². The van der Waals surface area contributed by atoms with Crippen molar-refractivity contribution in [2.24, 2.45) is 4.99 Å². The first-order valence-corrected chi connectivity index (χ1v) is 9.65. The van der Waals surface area contributed by atoms with Gasteiger partial charge in [-0.15, -0.1) is 0 Å². The van der Waals surface area contributed by atoms with E-state index in [1.807, 2.05) is 0 Å². The van der Waals surface area contributed by atoms with E-state index in [4.69, 9.17) is 0 Å². The van der Waals surface area contributed by atoms with Gasteiger partial charge in [0.25, 0.3) is 0 Å². The zero-order valence-electron chi connectivity index (χ0n) is 15.3. The molecule has 1 aliphatic carbocycles. The van der Waals surface area contributed by atoms with Crippen LogP contribution in [0.2, 0.25) is 0 Å². The summed E-state index contributed by atoms with van der Waals surface area (Å²) in [5, 5.41) is 6.48. The molecule has 0 bridgehead atoms. The Hall–Kier alpha value is -2.04. The van der Waals surface area contributed by atoms with Gasteiger partial charge in [-0.25, -0.2) is 4.99 Å². The highest BCUT2D eigenvalue weighted by molar-refractivity contribution is 5.85. The molecule has 1 amide bonds. The molecule has 25 heavy (non-hydrogen) atoms. The fraction of sp³-hybridized carbons (Fsp3) is 0.600. The summed E-state index contributed by atoms with van der Waals surface area (Å²) in [7, 11) is 0. The Morgan fingerprint density at radius 1 is 1.20 bits per heavy atom. The van der Waals surface area contributed by atoms with Gasteiger partial charge in [0.15, 0.2) is 5.96 Å². The van der Waals surface area contributed by atoms with E-state index in [1.54, 1.807) is 0 Å². The summed E-state index contributed by atoms with van der Waals surface area (Å²) < 4.78 is 0. The normalized spacial score (nSPS) is 18.6. The highest BCUT2D eigenvalue weighted by Gasteiger charge is 2.19. The number of guanidine groups is 1. The van der Waals surface area contributed by atoms with Crippen LogP contribution in [0.1, 0.15) is 50.2 Å². The molecule has 0 spiro atoms. The number of amides is 1. The summed E-state index contributed by atoms with van der Waals surface area (Å²) in [6, 6.07) is 8.92. The summed E-state index contributed by atoms with van der Waals surface area (Å²) >= 11 is 0. The van der Waals surface area contributed by atoms with Gasteiger partial charge in [-0.3, -0.25) is 4.79 Å². The lowest BCUT2D eigenvalue weighted by atomic mass is 9.95. The summed E-state index contributed by atoms with van der Waals surface area (Å²) in [5.41, 5.74) is 2.77. The molecule has 1 fully saturated rings. The van der Waals surface area contributed by atoms with Crippen LogP contribution < -0.4 is 10.6 Å². The molecule has 1 saturated carbocycles. The van der Waals surface area contributed by atoms with Crippen molar-refractivity contribution >= 4 is 11.9 Å². The minimum atomic E-state index is 0.0414. The highest BCUT2D eigenvalue weighted by atomic mass is 16.1. The van der Waals surface area contributed by atoms with Gasteiger partial charge in [-0.2, -0.15) is 0 Å². The summed E-state index contributed by atoms with van der Waals surface area (Å²) in [5.74, 6) is 0.885. The average Bonchev–Trinajstić information content (AvgIpc) is 2.65. The van der Waals surface area contributed by atoms with Crippen LogP contribution in [0, 0.1) is 0 Å². The van der Waals surface area contributed by atoms with E-state index < -0.39 is 0 Å². The predicted octanol–water partition coefficient (Wildman–Crippen LogP) is 2.46. The summed E-state index contributed by atoms with van der Waals surface area (Å²) in [6.45, 7) is 4.87. The monoisotopic (exact) mass is 342 g/mol. The van der Waals surface area contributed by atoms with E-state index in [0.29, 0.717) is 6.04 Å². The van der Waals surface area contributed by atoms with Gasteiger partial charge in [0, 0.05) is 25.7 Å². The first-order valence-electron chi connectivity index (χ1n) is 9.65. The molecule has 1 aromatic rings. The maximum Gasteiger partial charge on any atom is 0.242 e. The second-order valence-electron chi connectivity index (χ2n) is 7.01. The zero-order chi connectivity index (χ0) is 17.5.